The van der Waals surface area contributed by atoms with Crippen LogP contribution in [0.4, 0.5) is 0 Å². The Kier molecular flexibility index (Phi) is 5.63. The van der Waals surface area contributed by atoms with Crippen molar-refractivity contribution in [2.45, 2.75) is 18.9 Å². The van der Waals surface area contributed by atoms with Crippen LogP contribution < -0.4 is 5.32 Å². The quantitative estimate of drug-likeness (QED) is 0.806. The molecule has 1 amide bonds. The molecule has 0 bridgehead atoms. The van der Waals surface area contributed by atoms with Gasteiger partial charge >= 0.3 is 0 Å². The van der Waals surface area contributed by atoms with Crippen LogP contribution in [0.25, 0.3) is 0 Å². The smallest absolute Gasteiger partial charge is 0.221 e. The lowest BCUT2D eigenvalue weighted by molar-refractivity contribution is -0.121. The van der Waals surface area contributed by atoms with Crippen molar-refractivity contribution >= 4 is 17.5 Å². The topological polar surface area (TPSA) is 29.1 Å². The summed E-state index contributed by atoms with van der Waals surface area (Å²) < 4.78 is 0. The maximum atomic E-state index is 11.8. The highest BCUT2D eigenvalue weighted by atomic mass is 35.5. The van der Waals surface area contributed by atoms with Gasteiger partial charge in [-0.05, 0) is 17.5 Å². The van der Waals surface area contributed by atoms with Crippen molar-refractivity contribution in [3.05, 3.63) is 71.8 Å². The van der Waals surface area contributed by atoms with E-state index in [9.17, 15) is 4.79 Å². The predicted molar refractivity (Wildman–Crippen MR) is 82.8 cm³/mol. The molecule has 2 aromatic carbocycles. The van der Waals surface area contributed by atoms with Crippen LogP contribution in [0.2, 0.25) is 0 Å². The van der Waals surface area contributed by atoms with Gasteiger partial charge in [0.2, 0.25) is 5.91 Å². The molecule has 1 N–H and O–H groups in total. The van der Waals surface area contributed by atoms with E-state index in [1.54, 1.807) is 0 Å². The second-order valence-corrected chi connectivity index (χ2v) is 5.04. The highest BCUT2D eigenvalue weighted by molar-refractivity contribution is 6.18. The van der Waals surface area contributed by atoms with Gasteiger partial charge in [-0.3, -0.25) is 4.79 Å². The number of rotatable bonds is 6. The third-order valence-corrected chi connectivity index (χ3v) is 3.33. The Morgan fingerprint density at radius 2 is 1.60 bits per heavy atom. The monoisotopic (exact) mass is 287 g/mol. The summed E-state index contributed by atoms with van der Waals surface area (Å²) in [5, 5.41) is 3.06. The molecule has 2 rings (SSSR count). The summed E-state index contributed by atoms with van der Waals surface area (Å²) in [6.45, 7) is 0. The van der Waals surface area contributed by atoms with E-state index in [0.29, 0.717) is 12.3 Å². The number of hydrogen-bond acceptors (Lipinski definition) is 1. The molecule has 0 spiro atoms. The van der Waals surface area contributed by atoms with Gasteiger partial charge < -0.3 is 5.32 Å². The van der Waals surface area contributed by atoms with Crippen molar-refractivity contribution in [2.75, 3.05) is 5.88 Å². The zero-order valence-corrected chi connectivity index (χ0v) is 12.0. The Bertz CT molecular complexity index is 527. The predicted octanol–water partition coefficient (Wildman–Crippen LogP) is 3.72. The number of amides is 1. The van der Waals surface area contributed by atoms with Crippen molar-refractivity contribution < 1.29 is 4.79 Å². The first kappa shape index (κ1) is 14.6. The number of hydrogen-bond donors (Lipinski definition) is 1. The van der Waals surface area contributed by atoms with E-state index in [-0.39, 0.29) is 11.9 Å². The van der Waals surface area contributed by atoms with E-state index < -0.39 is 0 Å². The number of halogens is 1. The van der Waals surface area contributed by atoms with Crippen LogP contribution in [-0.2, 0) is 11.2 Å². The van der Waals surface area contributed by atoms with Crippen LogP contribution in [0.1, 0.15) is 23.6 Å². The first-order valence-corrected chi connectivity index (χ1v) is 7.27. The van der Waals surface area contributed by atoms with E-state index in [4.69, 9.17) is 11.6 Å². The van der Waals surface area contributed by atoms with Gasteiger partial charge in [0, 0.05) is 12.3 Å². The lowest BCUT2D eigenvalue weighted by atomic mass is 9.99. The Labute approximate surface area is 124 Å². The normalized spacial score (nSPS) is 11.8. The van der Waals surface area contributed by atoms with Crippen LogP contribution in [-0.4, -0.2) is 11.8 Å². The van der Waals surface area contributed by atoms with Crippen molar-refractivity contribution in [3.8, 4) is 0 Å². The van der Waals surface area contributed by atoms with Gasteiger partial charge in [-0.1, -0.05) is 60.7 Å². The first-order valence-electron chi connectivity index (χ1n) is 6.74. The van der Waals surface area contributed by atoms with Crippen LogP contribution in [0.5, 0.6) is 0 Å². The summed E-state index contributed by atoms with van der Waals surface area (Å²) in [7, 11) is 0. The number of benzene rings is 2. The van der Waals surface area contributed by atoms with Gasteiger partial charge in [0.15, 0.2) is 0 Å². The Balaban J connectivity index is 2.14. The molecule has 0 aliphatic carbocycles. The summed E-state index contributed by atoms with van der Waals surface area (Å²) in [4.78, 5) is 11.8. The Morgan fingerprint density at radius 1 is 1.00 bits per heavy atom. The van der Waals surface area contributed by atoms with Gasteiger partial charge in [0.25, 0.3) is 0 Å². The highest BCUT2D eigenvalue weighted by Gasteiger charge is 2.14. The molecular formula is C17H18ClNO. The summed E-state index contributed by atoms with van der Waals surface area (Å²) in [6, 6.07) is 20.2. The number of alkyl halides is 1. The molecule has 0 radical (unpaired) electrons. The lowest BCUT2D eigenvalue weighted by Gasteiger charge is -2.19. The largest absolute Gasteiger partial charge is 0.349 e. The first-order chi connectivity index (χ1) is 9.79. The zero-order chi connectivity index (χ0) is 14.2. The maximum Gasteiger partial charge on any atom is 0.221 e. The summed E-state index contributed by atoms with van der Waals surface area (Å²) >= 11 is 5.63. The molecule has 0 unspecified atom stereocenters. The third kappa shape index (κ3) is 4.39. The molecule has 0 heterocycles. The van der Waals surface area contributed by atoms with Crippen LogP contribution in [0, 0.1) is 0 Å². The second kappa shape index (κ2) is 7.71. The van der Waals surface area contributed by atoms with Crippen molar-refractivity contribution in [1.82, 2.24) is 5.32 Å². The van der Waals surface area contributed by atoms with E-state index in [1.807, 2.05) is 48.5 Å². The zero-order valence-electron chi connectivity index (χ0n) is 11.3. The summed E-state index contributed by atoms with van der Waals surface area (Å²) in [5.74, 6) is 0.336. The van der Waals surface area contributed by atoms with Crippen LogP contribution >= 0.6 is 11.6 Å². The van der Waals surface area contributed by atoms with E-state index >= 15 is 0 Å². The van der Waals surface area contributed by atoms with Crippen LogP contribution in [0.15, 0.2) is 60.7 Å². The second-order valence-electron chi connectivity index (χ2n) is 4.66. The maximum absolute atomic E-state index is 11.8. The van der Waals surface area contributed by atoms with E-state index in [1.165, 1.54) is 5.56 Å². The van der Waals surface area contributed by atoms with Crippen molar-refractivity contribution in [2.24, 2.45) is 0 Å². The standard InChI is InChI=1S/C17H18ClNO/c18-12-11-17(20)19-16(15-9-5-2-6-10-15)13-14-7-3-1-4-8-14/h1-10,16H,11-13H2,(H,19,20)/t16-/m0/s1. The minimum absolute atomic E-state index is 0.00946. The van der Waals surface area contributed by atoms with E-state index in [0.717, 1.165) is 12.0 Å². The highest BCUT2D eigenvalue weighted by Crippen LogP contribution is 2.18. The lowest BCUT2D eigenvalue weighted by Crippen LogP contribution is -2.30. The van der Waals surface area contributed by atoms with Crippen LogP contribution in [0.3, 0.4) is 0 Å². The Hall–Kier alpha value is -1.80. The average molecular weight is 288 g/mol. The van der Waals surface area contributed by atoms with Gasteiger partial charge in [0.1, 0.15) is 0 Å². The molecule has 0 saturated carbocycles. The Morgan fingerprint density at radius 3 is 2.20 bits per heavy atom. The average Bonchev–Trinajstić information content (AvgIpc) is 2.49. The van der Waals surface area contributed by atoms with Crippen molar-refractivity contribution in [3.63, 3.8) is 0 Å². The minimum atomic E-state index is -0.0192. The summed E-state index contributed by atoms with van der Waals surface area (Å²) in [5.41, 5.74) is 2.31. The fraction of sp³-hybridized carbons (Fsp3) is 0.235. The summed E-state index contributed by atoms with van der Waals surface area (Å²) in [6.07, 6.45) is 1.12. The molecule has 0 aromatic heterocycles. The molecule has 0 aliphatic heterocycles. The molecule has 3 heteroatoms. The van der Waals surface area contributed by atoms with Gasteiger partial charge in [-0.2, -0.15) is 0 Å². The molecule has 1 atom stereocenters. The molecule has 0 saturated heterocycles. The SMILES string of the molecule is O=C(CCCl)N[C@@H](Cc1ccccc1)c1ccccc1. The third-order valence-electron chi connectivity index (χ3n) is 3.14. The van der Waals surface area contributed by atoms with E-state index in [2.05, 4.69) is 17.4 Å². The molecular weight excluding hydrogens is 270 g/mol. The molecule has 104 valence electrons. The minimum Gasteiger partial charge on any atom is -0.349 e. The van der Waals surface area contributed by atoms with Crippen molar-refractivity contribution in [1.29, 1.82) is 0 Å². The number of carbonyl (C=O) groups is 1. The molecule has 20 heavy (non-hydrogen) atoms. The van der Waals surface area contributed by atoms with Gasteiger partial charge in [0.05, 0.1) is 6.04 Å². The van der Waals surface area contributed by atoms with Gasteiger partial charge in [-0.25, -0.2) is 0 Å². The van der Waals surface area contributed by atoms with Gasteiger partial charge in [-0.15, -0.1) is 11.6 Å². The molecule has 2 aromatic rings. The molecule has 2 nitrogen and oxygen atoms in total. The molecule has 0 fully saturated rings. The number of nitrogens with one attached hydrogen (secondary N) is 1. The fourth-order valence-electron chi connectivity index (χ4n) is 2.14. The fourth-order valence-corrected chi connectivity index (χ4v) is 2.31. The number of carbonyl (C=O) groups excluding carboxylic acids is 1. The molecule has 0 aliphatic rings.